The Hall–Kier alpha value is -2.26. The maximum atomic E-state index is 12.2. The summed E-state index contributed by atoms with van der Waals surface area (Å²) in [5.74, 6) is -0.0669. The lowest BCUT2D eigenvalue weighted by atomic mass is 9.97. The summed E-state index contributed by atoms with van der Waals surface area (Å²) in [6.45, 7) is 8.01. The Morgan fingerprint density at radius 2 is 2.00 bits per heavy atom. The summed E-state index contributed by atoms with van der Waals surface area (Å²) in [6.07, 6.45) is 3.67. The molecule has 3 rings (SSSR count). The molecule has 4 heteroatoms. The van der Waals surface area contributed by atoms with Gasteiger partial charge in [0.1, 0.15) is 0 Å². The number of rotatable bonds is 4. The van der Waals surface area contributed by atoms with Crippen LogP contribution in [0.5, 0.6) is 0 Å². The van der Waals surface area contributed by atoms with Gasteiger partial charge in [-0.1, -0.05) is 29.3 Å². The molecule has 2 aromatic rings. The molecule has 3 nitrogen and oxygen atoms in total. The van der Waals surface area contributed by atoms with Gasteiger partial charge in [0.25, 0.3) is 0 Å². The predicted octanol–water partition coefficient (Wildman–Crippen LogP) is 5.96. The Morgan fingerprint density at radius 1 is 1.23 bits per heavy atom. The predicted molar refractivity (Wildman–Crippen MR) is 110 cm³/mol. The molecule has 1 unspecified atom stereocenters. The molecule has 1 amide bonds. The minimum atomic E-state index is -0.0669. The van der Waals surface area contributed by atoms with E-state index in [-0.39, 0.29) is 11.9 Å². The van der Waals surface area contributed by atoms with Gasteiger partial charge in [-0.2, -0.15) is 0 Å². The number of fused-ring (bicyclic) bond motifs is 1. The zero-order valence-corrected chi connectivity index (χ0v) is 16.5. The fourth-order valence-corrected chi connectivity index (χ4v) is 3.88. The molecule has 0 fully saturated rings. The third kappa shape index (κ3) is 3.94. The van der Waals surface area contributed by atoms with Gasteiger partial charge >= 0.3 is 0 Å². The van der Waals surface area contributed by atoms with Crippen LogP contribution in [0.15, 0.2) is 42.0 Å². The van der Waals surface area contributed by atoms with Crippen molar-refractivity contribution in [1.82, 2.24) is 0 Å². The molecule has 2 N–H and O–H groups in total. The molecule has 0 bridgehead atoms. The Morgan fingerprint density at radius 3 is 2.69 bits per heavy atom. The Balaban J connectivity index is 1.88. The van der Waals surface area contributed by atoms with Crippen LogP contribution in [0.2, 0.25) is 5.02 Å². The molecule has 0 radical (unpaired) electrons. The third-order valence-corrected chi connectivity index (χ3v) is 5.07. The number of allylic oxidation sites excluding steroid dienone is 1. The fraction of sp³-hybridized carbons (Fsp3) is 0.318. The molecule has 0 aromatic heterocycles. The van der Waals surface area contributed by atoms with Crippen molar-refractivity contribution in [3.8, 4) is 0 Å². The second-order valence-electron chi connectivity index (χ2n) is 7.22. The summed E-state index contributed by atoms with van der Waals surface area (Å²) < 4.78 is 0. The van der Waals surface area contributed by atoms with Crippen molar-refractivity contribution in [2.24, 2.45) is 0 Å². The van der Waals surface area contributed by atoms with E-state index in [0.717, 1.165) is 40.4 Å². The number of halogens is 1. The number of carbonyl (C=O) groups is 1. The maximum Gasteiger partial charge on any atom is 0.248 e. The topological polar surface area (TPSA) is 41.1 Å². The van der Waals surface area contributed by atoms with Gasteiger partial charge in [-0.15, -0.1) is 0 Å². The standard InChI is InChI=1S/C22H25ClN2O/c1-13(2)10-21(26)25-22-14(3)11-19-18(15(22)4)8-9-20(19)24-17-7-5-6-16(23)12-17/h5-7,10-12,20,24H,8-9H2,1-4H3,(H,25,26). The number of benzene rings is 2. The van der Waals surface area contributed by atoms with Crippen LogP contribution < -0.4 is 10.6 Å². The summed E-state index contributed by atoms with van der Waals surface area (Å²) >= 11 is 6.10. The highest BCUT2D eigenvalue weighted by molar-refractivity contribution is 6.30. The average molecular weight is 369 g/mol. The minimum absolute atomic E-state index is 0.0669. The Kier molecular flexibility index (Phi) is 5.38. The minimum Gasteiger partial charge on any atom is -0.378 e. The maximum absolute atomic E-state index is 12.2. The van der Waals surface area contributed by atoms with Crippen molar-refractivity contribution < 1.29 is 4.79 Å². The number of amides is 1. The van der Waals surface area contributed by atoms with Crippen molar-refractivity contribution >= 4 is 28.9 Å². The van der Waals surface area contributed by atoms with Crippen molar-refractivity contribution in [3.05, 3.63) is 69.3 Å². The first kappa shape index (κ1) is 18.5. The van der Waals surface area contributed by atoms with Crippen LogP contribution in [0, 0.1) is 13.8 Å². The molecule has 1 aliphatic rings. The fourth-order valence-electron chi connectivity index (χ4n) is 3.69. The molecule has 0 saturated heterocycles. The first-order valence-corrected chi connectivity index (χ1v) is 9.34. The van der Waals surface area contributed by atoms with E-state index >= 15 is 0 Å². The molecular weight excluding hydrogens is 344 g/mol. The molecule has 136 valence electrons. The number of aryl methyl sites for hydroxylation is 1. The third-order valence-electron chi connectivity index (χ3n) is 4.83. The van der Waals surface area contributed by atoms with E-state index < -0.39 is 0 Å². The second-order valence-corrected chi connectivity index (χ2v) is 7.65. The monoisotopic (exact) mass is 368 g/mol. The van der Waals surface area contributed by atoms with E-state index in [4.69, 9.17) is 11.6 Å². The molecule has 1 atom stereocenters. The zero-order valence-electron chi connectivity index (χ0n) is 15.7. The first-order chi connectivity index (χ1) is 12.3. The molecular formula is C22H25ClN2O. The van der Waals surface area contributed by atoms with Crippen LogP contribution in [0.3, 0.4) is 0 Å². The SMILES string of the molecule is CC(C)=CC(=O)Nc1c(C)cc2c(c1C)CCC2Nc1cccc(Cl)c1. The quantitative estimate of drug-likeness (QED) is 0.653. The largest absolute Gasteiger partial charge is 0.378 e. The van der Waals surface area contributed by atoms with E-state index in [1.807, 2.05) is 38.1 Å². The van der Waals surface area contributed by atoms with Gasteiger partial charge in [0.15, 0.2) is 0 Å². The van der Waals surface area contributed by atoms with E-state index in [0.29, 0.717) is 0 Å². The molecule has 2 aromatic carbocycles. The van der Waals surface area contributed by atoms with E-state index in [1.54, 1.807) is 6.08 Å². The summed E-state index contributed by atoms with van der Waals surface area (Å²) in [5.41, 5.74) is 7.89. The second kappa shape index (κ2) is 7.55. The van der Waals surface area contributed by atoms with Crippen LogP contribution in [0.4, 0.5) is 11.4 Å². The summed E-state index contributed by atoms with van der Waals surface area (Å²) in [6, 6.07) is 10.3. The van der Waals surface area contributed by atoms with Gasteiger partial charge in [0.2, 0.25) is 5.91 Å². The smallest absolute Gasteiger partial charge is 0.248 e. The van der Waals surface area contributed by atoms with E-state index in [9.17, 15) is 4.79 Å². The number of nitrogens with one attached hydrogen (secondary N) is 2. The van der Waals surface area contributed by atoms with Crippen molar-refractivity contribution in [1.29, 1.82) is 0 Å². The lowest BCUT2D eigenvalue weighted by Crippen LogP contribution is -2.13. The van der Waals surface area contributed by atoms with E-state index in [1.165, 1.54) is 16.7 Å². The van der Waals surface area contributed by atoms with E-state index in [2.05, 4.69) is 30.5 Å². The van der Waals surface area contributed by atoms with Gasteiger partial charge in [0, 0.05) is 22.5 Å². The van der Waals surface area contributed by atoms with Crippen LogP contribution in [-0.2, 0) is 11.2 Å². The number of hydrogen-bond donors (Lipinski definition) is 2. The average Bonchev–Trinajstić information content (AvgIpc) is 2.93. The summed E-state index contributed by atoms with van der Waals surface area (Å²) in [4.78, 5) is 12.2. The van der Waals surface area contributed by atoms with Gasteiger partial charge in [-0.25, -0.2) is 0 Å². The highest BCUT2D eigenvalue weighted by atomic mass is 35.5. The highest BCUT2D eigenvalue weighted by Gasteiger charge is 2.26. The first-order valence-electron chi connectivity index (χ1n) is 8.96. The molecule has 0 heterocycles. The highest BCUT2D eigenvalue weighted by Crippen LogP contribution is 2.40. The van der Waals surface area contributed by atoms with Gasteiger partial charge in [-0.3, -0.25) is 4.79 Å². The van der Waals surface area contributed by atoms with Gasteiger partial charge in [0.05, 0.1) is 6.04 Å². The Labute approximate surface area is 160 Å². The van der Waals surface area contributed by atoms with Gasteiger partial charge in [-0.05, 0) is 81.0 Å². The lowest BCUT2D eigenvalue weighted by molar-refractivity contribution is -0.112. The van der Waals surface area contributed by atoms with Crippen LogP contribution in [0.1, 0.15) is 48.6 Å². The van der Waals surface area contributed by atoms with Crippen molar-refractivity contribution in [3.63, 3.8) is 0 Å². The van der Waals surface area contributed by atoms with Crippen LogP contribution in [0.25, 0.3) is 0 Å². The molecule has 1 aliphatic carbocycles. The van der Waals surface area contributed by atoms with Crippen LogP contribution >= 0.6 is 11.6 Å². The molecule has 0 aliphatic heterocycles. The zero-order chi connectivity index (χ0) is 18.8. The van der Waals surface area contributed by atoms with Crippen molar-refractivity contribution in [2.75, 3.05) is 10.6 Å². The normalized spacial score (nSPS) is 15.3. The number of carbonyl (C=O) groups excluding carboxylic acids is 1. The van der Waals surface area contributed by atoms with Crippen molar-refractivity contribution in [2.45, 2.75) is 46.6 Å². The molecule has 0 spiro atoms. The lowest BCUT2D eigenvalue weighted by Gasteiger charge is -2.19. The number of hydrogen-bond acceptors (Lipinski definition) is 2. The number of anilines is 2. The summed E-state index contributed by atoms with van der Waals surface area (Å²) in [5, 5.41) is 7.39. The van der Waals surface area contributed by atoms with Gasteiger partial charge < -0.3 is 10.6 Å². The van der Waals surface area contributed by atoms with Crippen LogP contribution in [-0.4, -0.2) is 5.91 Å². The Bertz CT molecular complexity index is 882. The molecule has 0 saturated carbocycles. The molecule has 26 heavy (non-hydrogen) atoms. The summed E-state index contributed by atoms with van der Waals surface area (Å²) in [7, 11) is 0.